The number of nitrogens with zero attached hydrogens (tertiary/aromatic N) is 2. The van der Waals surface area contributed by atoms with Crippen molar-refractivity contribution in [1.82, 2.24) is 4.90 Å². The third-order valence-corrected chi connectivity index (χ3v) is 5.31. The van der Waals surface area contributed by atoms with E-state index in [1.165, 1.54) is 12.1 Å². The average Bonchev–Trinajstić information content (AvgIpc) is 2.72. The van der Waals surface area contributed by atoms with Crippen LogP contribution in [0.25, 0.3) is 0 Å². The Morgan fingerprint density at radius 1 is 1.14 bits per heavy atom. The lowest BCUT2D eigenvalue weighted by Crippen LogP contribution is -2.37. The van der Waals surface area contributed by atoms with Gasteiger partial charge in [-0.15, -0.1) is 0 Å². The van der Waals surface area contributed by atoms with Gasteiger partial charge in [-0.2, -0.15) is 0 Å². The molecule has 0 N–H and O–H groups in total. The van der Waals surface area contributed by atoms with E-state index in [0.717, 1.165) is 50.3 Å². The highest BCUT2D eigenvalue weighted by Crippen LogP contribution is 2.23. The fourth-order valence-electron chi connectivity index (χ4n) is 3.60. The van der Waals surface area contributed by atoms with E-state index in [0.29, 0.717) is 12.2 Å². The Hall–Kier alpha value is -2.40. The van der Waals surface area contributed by atoms with Crippen molar-refractivity contribution in [2.24, 2.45) is 5.92 Å². The normalized spacial score (nSPS) is 15.4. The first kappa shape index (κ1) is 20.3. The summed E-state index contributed by atoms with van der Waals surface area (Å²) in [5.74, 6) is 0.785. The van der Waals surface area contributed by atoms with Crippen LogP contribution >= 0.6 is 0 Å². The monoisotopic (exact) mass is 384 g/mol. The summed E-state index contributed by atoms with van der Waals surface area (Å²) in [6.45, 7) is 3.51. The van der Waals surface area contributed by atoms with Crippen molar-refractivity contribution in [3.8, 4) is 5.75 Å². The third kappa shape index (κ3) is 5.55. The molecule has 1 fully saturated rings. The lowest BCUT2D eigenvalue weighted by atomic mass is 9.89. The quantitative estimate of drug-likeness (QED) is 0.503. The zero-order valence-corrected chi connectivity index (χ0v) is 16.7. The smallest absolute Gasteiger partial charge is 0.166 e. The topological polar surface area (TPSA) is 32.8 Å². The van der Waals surface area contributed by atoms with Gasteiger partial charge in [0.15, 0.2) is 5.78 Å². The maximum Gasteiger partial charge on any atom is 0.166 e. The van der Waals surface area contributed by atoms with E-state index in [-0.39, 0.29) is 17.5 Å². The molecular formula is C23H29FN2O2. The second kappa shape index (κ2) is 9.69. The molecule has 0 bridgehead atoms. The SMILES string of the molecule is CN(C)c1cccc(OCCCN2CCC(C(=O)c3ccc(F)cc3)CC2)c1. The second-order valence-corrected chi connectivity index (χ2v) is 7.58. The minimum absolute atomic E-state index is 0.0479. The Morgan fingerprint density at radius 2 is 1.86 bits per heavy atom. The summed E-state index contributed by atoms with van der Waals surface area (Å²) in [5, 5.41) is 0. The molecule has 0 unspecified atom stereocenters. The molecular weight excluding hydrogens is 355 g/mol. The van der Waals surface area contributed by atoms with Gasteiger partial charge in [-0.25, -0.2) is 4.39 Å². The third-order valence-electron chi connectivity index (χ3n) is 5.31. The van der Waals surface area contributed by atoms with Crippen LogP contribution in [0.3, 0.4) is 0 Å². The summed E-state index contributed by atoms with van der Waals surface area (Å²) in [7, 11) is 4.03. The van der Waals surface area contributed by atoms with Crippen LogP contribution in [0.1, 0.15) is 29.6 Å². The van der Waals surface area contributed by atoms with Gasteiger partial charge < -0.3 is 14.5 Å². The van der Waals surface area contributed by atoms with Crippen LogP contribution in [0.15, 0.2) is 48.5 Å². The first-order valence-corrected chi connectivity index (χ1v) is 9.95. The molecule has 2 aromatic rings. The molecule has 1 aliphatic heterocycles. The number of halogens is 1. The van der Waals surface area contributed by atoms with Crippen LogP contribution in [0, 0.1) is 11.7 Å². The summed E-state index contributed by atoms with van der Waals surface area (Å²) in [6, 6.07) is 14.0. The van der Waals surface area contributed by atoms with E-state index in [4.69, 9.17) is 4.74 Å². The molecule has 1 aliphatic rings. The van der Waals surface area contributed by atoms with E-state index in [1.54, 1.807) is 12.1 Å². The van der Waals surface area contributed by atoms with Crippen molar-refractivity contribution >= 4 is 11.5 Å². The summed E-state index contributed by atoms with van der Waals surface area (Å²) in [4.78, 5) is 17.0. The van der Waals surface area contributed by atoms with Crippen LogP contribution in [0.2, 0.25) is 0 Å². The van der Waals surface area contributed by atoms with Crippen LogP contribution in [-0.2, 0) is 0 Å². The van der Waals surface area contributed by atoms with Crippen molar-refractivity contribution in [2.45, 2.75) is 19.3 Å². The standard InChI is InChI=1S/C23H29FN2O2/c1-25(2)21-5-3-6-22(17-21)28-16-4-13-26-14-11-19(12-15-26)23(27)18-7-9-20(24)10-8-18/h3,5-10,17,19H,4,11-16H2,1-2H3. The zero-order valence-electron chi connectivity index (χ0n) is 16.7. The van der Waals surface area contributed by atoms with E-state index < -0.39 is 0 Å². The van der Waals surface area contributed by atoms with Crippen LogP contribution in [-0.4, -0.2) is 51.0 Å². The first-order valence-electron chi connectivity index (χ1n) is 9.95. The molecule has 0 aromatic heterocycles. The molecule has 4 nitrogen and oxygen atoms in total. The molecule has 0 spiro atoms. The molecule has 28 heavy (non-hydrogen) atoms. The number of rotatable bonds is 8. The number of ketones is 1. The Bertz CT molecular complexity index is 768. The maximum atomic E-state index is 13.0. The van der Waals surface area contributed by atoms with Gasteiger partial charge in [0, 0.05) is 43.9 Å². The van der Waals surface area contributed by atoms with Gasteiger partial charge in [0.05, 0.1) is 6.61 Å². The molecule has 150 valence electrons. The highest BCUT2D eigenvalue weighted by atomic mass is 19.1. The number of carbonyl (C=O) groups excluding carboxylic acids is 1. The van der Waals surface area contributed by atoms with Gasteiger partial charge in [-0.1, -0.05) is 6.07 Å². The molecule has 1 saturated heterocycles. The number of ether oxygens (including phenoxy) is 1. The summed E-state index contributed by atoms with van der Waals surface area (Å²) in [5.41, 5.74) is 1.75. The number of anilines is 1. The Kier molecular flexibility index (Phi) is 7.04. The molecule has 0 aliphatic carbocycles. The number of benzene rings is 2. The number of likely N-dealkylation sites (tertiary alicyclic amines) is 1. The lowest BCUT2D eigenvalue weighted by Gasteiger charge is -2.31. The number of hydrogen-bond acceptors (Lipinski definition) is 4. The summed E-state index contributed by atoms with van der Waals surface area (Å²) >= 11 is 0. The number of piperidine rings is 1. The molecule has 1 heterocycles. The van der Waals surface area contributed by atoms with Crippen LogP contribution in [0.5, 0.6) is 5.75 Å². The van der Waals surface area contributed by atoms with E-state index in [9.17, 15) is 9.18 Å². The second-order valence-electron chi connectivity index (χ2n) is 7.58. The van der Waals surface area contributed by atoms with E-state index >= 15 is 0 Å². The molecule has 0 radical (unpaired) electrons. The van der Waals surface area contributed by atoms with Crippen molar-refractivity contribution in [2.75, 3.05) is 45.2 Å². The molecule has 0 amide bonds. The number of Topliss-reactive ketones (excluding diaryl/α,β-unsaturated/α-hetero) is 1. The van der Waals surface area contributed by atoms with Crippen LogP contribution in [0.4, 0.5) is 10.1 Å². The molecule has 2 aromatic carbocycles. The number of hydrogen-bond donors (Lipinski definition) is 0. The largest absolute Gasteiger partial charge is 0.493 e. The Labute approximate surface area is 166 Å². The van der Waals surface area contributed by atoms with Crippen molar-refractivity contribution < 1.29 is 13.9 Å². The van der Waals surface area contributed by atoms with Gasteiger partial charge in [0.1, 0.15) is 11.6 Å². The minimum Gasteiger partial charge on any atom is -0.493 e. The predicted octanol–water partition coefficient (Wildman–Crippen LogP) is 4.26. The van der Waals surface area contributed by atoms with Gasteiger partial charge in [-0.3, -0.25) is 4.79 Å². The van der Waals surface area contributed by atoms with Crippen LogP contribution < -0.4 is 9.64 Å². The predicted molar refractivity (Wildman–Crippen MR) is 111 cm³/mol. The Balaban J connectivity index is 1.37. The highest BCUT2D eigenvalue weighted by Gasteiger charge is 2.25. The minimum atomic E-state index is -0.304. The summed E-state index contributed by atoms with van der Waals surface area (Å²) in [6.07, 6.45) is 2.69. The fraction of sp³-hybridized carbons (Fsp3) is 0.435. The van der Waals surface area contributed by atoms with Gasteiger partial charge in [-0.05, 0) is 68.8 Å². The zero-order chi connectivity index (χ0) is 19.9. The molecule has 0 saturated carbocycles. The molecule has 3 rings (SSSR count). The Morgan fingerprint density at radius 3 is 2.54 bits per heavy atom. The van der Waals surface area contributed by atoms with E-state index in [1.807, 2.05) is 32.3 Å². The van der Waals surface area contributed by atoms with E-state index in [2.05, 4.69) is 15.9 Å². The lowest BCUT2D eigenvalue weighted by molar-refractivity contribution is 0.0835. The number of carbonyl (C=O) groups is 1. The van der Waals surface area contributed by atoms with Crippen molar-refractivity contribution in [3.05, 3.63) is 59.9 Å². The fourth-order valence-corrected chi connectivity index (χ4v) is 3.60. The highest BCUT2D eigenvalue weighted by molar-refractivity contribution is 5.97. The summed E-state index contributed by atoms with van der Waals surface area (Å²) < 4.78 is 18.9. The van der Waals surface area contributed by atoms with Crippen molar-refractivity contribution in [3.63, 3.8) is 0 Å². The van der Waals surface area contributed by atoms with Crippen molar-refractivity contribution in [1.29, 1.82) is 0 Å². The van der Waals surface area contributed by atoms with Gasteiger partial charge in [0.2, 0.25) is 0 Å². The maximum absolute atomic E-state index is 13.0. The molecule has 0 atom stereocenters. The molecule has 5 heteroatoms. The first-order chi connectivity index (χ1) is 13.5. The van der Waals surface area contributed by atoms with Gasteiger partial charge in [0.25, 0.3) is 0 Å². The van der Waals surface area contributed by atoms with Gasteiger partial charge >= 0.3 is 0 Å². The average molecular weight is 384 g/mol.